The Morgan fingerprint density at radius 2 is 0.912 bits per heavy atom. The van der Waals surface area contributed by atoms with Crippen molar-refractivity contribution in [2.45, 2.75) is 13.1 Å². The summed E-state index contributed by atoms with van der Waals surface area (Å²) in [4.78, 5) is 14.9. The van der Waals surface area contributed by atoms with Crippen LogP contribution in [-0.4, -0.2) is 91.0 Å². The zero-order valence-corrected chi connectivity index (χ0v) is 20.7. The lowest BCUT2D eigenvalue weighted by atomic mass is 10.0. The number of aromatic nitrogens is 1. The van der Waals surface area contributed by atoms with Crippen molar-refractivity contribution in [1.29, 1.82) is 0 Å². The molecule has 0 unspecified atom stereocenters. The van der Waals surface area contributed by atoms with Gasteiger partial charge < -0.3 is 9.80 Å². The van der Waals surface area contributed by atoms with E-state index >= 15 is 0 Å². The van der Waals surface area contributed by atoms with E-state index in [1.54, 1.807) is 0 Å². The van der Waals surface area contributed by atoms with Crippen LogP contribution in [0.5, 0.6) is 0 Å². The zero-order chi connectivity index (χ0) is 23.3. The first-order chi connectivity index (χ1) is 16.6. The number of benzene rings is 2. The summed E-state index contributed by atoms with van der Waals surface area (Å²) in [5.41, 5.74) is 7.17. The lowest BCUT2D eigenvalue weighted by molar-refractivity contribution is 0.148. The van der Waals surface area contributed by atoms with Gasteiger partial charge in [-0.25, -0.2) is 4.98 Å². The molecule has 2 saturated heterocycles. The van der Waals surface area contributed by atoms with Gasteiger partial charge in [-0.1, -0.05) is 54.6 Å². The molecule has 0 radical (unpaired) electrons. The third-order valence-electron chi connectivity index (χ3n) is 7.25. The third-order valence-corrected chi connectivity index (χ3v) is 7.25. The quantitative estimate of drug-likeness (QED) is 0.562. The number of hydrogen-bond acceptors (Lipinski definition) is 5. The summed E-state index contributed by atoms with van der Waals surface area (Å²) in [6.07, 6.45) is 0. The van der Waals surface area contributed by atoms with Crippen molar-refractivity contribution in [3.63, 3.8) is 0 Å². The van der Waals surface area contributed by atoms with E-state index in [1.807, 2.05) is 0 Å². The van der Waals surface area contributed by atoms with E-state index in [0.717, 1.165) is 76.8 Å². The second-order valence-electron chi connectivity index (χ2n) is 9.96. The Hall–Kier alpha value is -2.57. The Labute approximate surface area is 204 Å². The topological polar surface area (TPSA) is 25.9 Å². The van der Waals surface area contributed by atoms with Gasteiger partial charge in [0.05, 0.1) is 11.4 Å². The van der Waals surface area contributed by atoms with Gasteiger partial charge in [-0.15, -0.1) is 0 Å². The molecule has 2 aliphatic rings. The van der Waals surface area contributed by atoms with Crippen LogP contribution in [0.2, 0.25) is 0 Å². The minimum Gasteiger partial charge on any atom is -0.304 e. The molecule has 0 amide bonds. The summed E-state index contributed by atoms with van der Waals surface area (Å²) in [5.74, 6) is 0. The molecule has 5 heteroatoms. The SMILES string of the molecule is CN1CCN(Cc2ccc(-c3cccc(-c4ccc(CN5CCN(C)CC5)cc4)n3)cc2)CC1. The van der Waals surface area contributed by atoms with Gasteiger partial charge in [-0.3, -0.25) is 9.80 Å². The molecule has 0 spiro atoms. The number of pyridine rings is 1. The van der Waals surface area contributed by atoms with E-state index in [1.165, 1.54) is 22.3 Å². The van der Waals surface area contributed by atoms with Gasteiger partial charge in [-0.05, 0) is 37.4 Å². The maximum absolute atomic E-state index is 4.99. The smallest absolute Gasteiger partial charge is 0.0709 e. The first kappa shape index (κ1) is 23.2. The van der Waals surface area contributed by atoms with E-state index in [2.05, 4.69) is 100 Å². The normalized spacial score (nSPS) is 18.9. The first-order valence-corrected chi connectivity index (χ1v) is 12.6. The second kappa shape index (κ2) is 10.8. The lowest BCUT2D eigenvalue weighted by Crippen LogP contribution is -2.43. The Morgan fingerprint density at radius 3 is 1.29 bits per heavy atom. The van der Waals surface area contributed by atoms with Gasteiger partial charge >= 0.3 is 0 Å². The van der Waals surface area contributed by atoms with Crippen LogP contribution in [-0.2, 0) is 13.1 Å². The fourth-order valence-corrected chi connectivity index (χ4v) is 4.85. The summed E-state index contributed by atoms with van der Waals surface area (Å²) in [7, 11) is 4.41. The van der Waals surface area contributed by atoms with Crippen LogP contribution < -0.4 is 0 Å². The van der Waals surface area contributed by atoms with Gasteiger partial charge in [0, 0.05) is 76.6 Å². The molecule has 1 aromatic heterocycles. The molecule has 0 saturated carbocycles. The average Bonchev–Trinajstić information content (AvgIpc) is 2.88. The summed E-state index contributed by atoms with van der Waals surface area (Å²) >= 11 is 0. The lowest BCUT2D eigenvalue weighted by Gasteiger charge is -2.32. The van der Waals surface area contributed by atoms with Crippen molar-refractivity contribution >= 4 is 0 Å². The van der Waals surface area contributed by atoms with Gasteiger partial charge in [0.1, 0.15) is 0 Å². The maximum atomic E-state index is 4.99. The number of hydrogen-bond donors (Lipinski definition) is 0. The molecule has 2 fully saturated rings. The second-order valence-corrected chi connectivity index (χ2v) is 9.96. The van der Waals surface area contributed by atoms with Crippen LogP contribution in [0.25, 0.3) is 22.5 Å². The Morgan fingerprint density at radius 1 is 0.529 bits per heavy atom. The molecule has 3 heterocycles. The highest BCUT2D eigenvalue weighted by Gasteiger charge is 2.15. The number of piperazine rings is 2. The molecule has 5 rings (SSSR count). The Balaban J connectivity index is 1.22. The fraction of sp³-hybridized carbons (Fsp3) is 0.414. The van der Waals surface area contributed by atoms with Crippen molar-refractivity contribution in [3.8, 4) is 22.5 Å². The van der Waals surface area contributed by atoms with E-state index in [9.17, 15) is 0 Å². The van der Waals surface area contributed by atoms with Crippen molar-refractivity contribution < 1.29 is 0 Å². The minimum absolute atomic E-state index is 1.03. The fourth-order valence-electron chi connectivity index (χ4n) is 4.85. The van der Waals surface area contributed by atoms with E-state index in [4.69, 9.17) is 4.98 Å². The summed E-state index contributed by atoms with van der Waals surface area (Å²) in [6.45, 7) is 11.3. The summed E-state index contributed by atoms with van der Waals surface area (Å²) in [5, 5.41) is 0. The van der Waals surface area contributed by atoms with Crippen molar-refractivity contribution in [1.82, 2.24) is 24.6 Å². The molecule has 3 aromatic rings. The molecule has 2 aromatic carbocycles. The van der Waals surface area contributed by atoms with Gasteiger partial charge in [0.2, 0.25) is 0 Å². The highest BCUT2D eigenvalue weighted by atomic mass is 15.2. The monoisotopic (exact) mass is 455 g/mol. The summed E-state index contributed by atoms with van der Waals surface area (Å²) < 4.78 is 0. The van der Waals surface area contributed by atoms with Gasteiger partial charge in [0.25, 0.3) is 0 Å². The average molecular weight is 456 g/mol. The Bertz CT molecular complexity index is 964. The minimum atomic E-state index is 1.03. The molecule has 5 nitrogen and oxygen atoms in total. The Kier molecular flexibility index (Phi) is 7.36. The summed E-state index contributed by atoms with van der Waals surface area (Å²) in [6, 6.07) is 24.3. The van der Waals surface area contributed by atoms with Crippen LogP contribution in [0, 0.1) is 0 Å². The predicted octanol–water partition coefficient (Wildman–Crippen LogP) is 3.91. The van der Waals surface area contributed by atoms with Crippen molar-refractivity contribution in [2.75, 3.05) is 66.5 Å². The van der Waals surface area contributed by atoms with Crippen LogP contribution in [0.1, 0.15) is 11.1 Å². The first-order valence-electron chi connectivity index (χ1n) is 12.6. The highest BCUT2D eigenvalue weighted by molar-refractivity contribution is 5.66. The number of likely N-dealkylation sites (N-methyl/N-ethyl adjacent to an activating group) is 2. The molecular weight excluding hydrogens is 418 g/mol. The van der Waals surface area contributed by atoms with Crippen LogP contribution in [0.4, 0.5) is 0 Å². The standard InChI is InChI=1S/C29H37N5/c1-31-14-18-33(19-15-31)22-24-6-10-26(11-7-24)28-4-3-5-29(30-28)27-12-8-25(9-13-27)23-34-20-16-32(2)17-21-34/h3-13H,14-23H2,1-2H3. The largest absolute Gasteiger partial charge is 0.304 e. The van der Waals surface area contributed by atoms with Crippen LogP contribution in [0.15, 0.2) is 66.7 Å². The van der Waals surface area contributed by atoms with Crippen LogP contribution >= 0.6 is 0 Å². The number of rotatable bonds is 6. The van der Waals surface area contributed by atoms with E-state index in [0.29, 0.717) is 0 Å². The highest BCUT2D eigenvalue weighted by Crippen LogP contribution is 2.24. The predicted molar refractivity (Wildman–Crippen MR) is 141 cm³/mol. The molecule has 0 bridgehead atoms. The molecule has 178 valence electrons. The molecule has 0 N–H and O–H groups in total. The molecule has 0 atom stereocenters. The maximum Gasteiger partial charge on any atom is 0.0709 e. The van der Waals surface area contributed by atoms with Gasteiger partial charge in [0.15, 0.2) is 0 Å². The van der Waals surface area contributed by atoms with E-state index in [-0.39, 0.29) is 0 Å². The molecule has 2 aliphatic heterocycles. The van der Waals surface area contributed by atoms with Crippen LogP contribution in [0.3, 0.4) is 0 Å². The third kappa shape index (κ3) is 5.91. The molecular formula is C29H37N5. The molecule has 34 heavy (non-hydrogen) atoms. The van der Waals surface area contributed by atoms with E-state index < -0.39 is 0 Å². The van der Waals surface area contributed by atoms with Crippen molar-refractivity contribution in [3.05, 3.63) is 77.9 Å². The van der Waals surface area contributed by atoms with Crippen molar-refractivity contribution in [2.24, 2.45) is 0 Å². The van der Waals surface area contributed by atoms with Gasteiger partial charge in [-0.2, -0.15) is 0 Å². The number of nitrogens with zero attached hydrogens (tertiary/aromatic N) is 5. The molecule has 0 aliphatic carbocycles. The zero-order valence-electron chi connectivity index (χ0n) is 20.7.